The van der Waals surface area contributed by atoms with E-state index in [0.717, 1.165) is 11.1 Å². The van der Waals surface area contributed by atoms with Crippen LogP contribution < -0.4 is 5.32 Å². The Labute approximate surface area is 141 Å². The molecule has 2 aromatic carbocycles. The topological polar surface area (TPSA) is 32.3 Å². The maximum Gasteiger partial charge on any atom is 0.237 e. The molecule has 0 saturated heterocycles. The summed E-state index contributed by atoms with van der Waals surface area (Å²) in [6, 6.07) is 13.4. The molecule has 1 atom stereocenters. The minimum atomic E-state index is -0.283. The molecule has 2 rings (SSSR count). The number of amides is 1. The Morgan fingerprint density at radius 1 is 1.22 bits per heavy atom. The monoisotopic (exact) mass is 334 g/mol. The number of hydrogen-bond donors (Lipinski definition) is 1. The summed E-state index contributed by atoms with van der Waals surface area (Å²) in [5.74, 6) is -0.353. The molecule has 122 valence electrons. The number of likely N-dealkylation sites (N-methyl/N-ethyl adjacent to an activating group) is 1. The van der Waals surface area contributed by atoms with E-state index in [0.29, 0.717) is 18.1 Å². The van der Waals surface area contributed by atoms with E-state index in [9.17, 15) is 9.18 Å². The molecule has 0 aliphatic heterocycles. The van der Waals surface area contributed by atoms with Gasteiger partial charge in [0.15, 0.2) is 0 Å². The van der Waals surface area contributed by atoms with E-state index >= 15 is 0 Å². The van der Waals surface area contributed by atoms with Crippen molar-refractivity contribution in [2.24, 2.45) is 0 Å². The van der Waals surface area contributed by atoms with Crippen molar-refractivity contribution in [3.8, 4) is 0 Å². The summed E-state index contributed by atoms with van der Waals surface area (Å²) in [5, 5.41) is 3.55. The minimum Gasteiger partial charge on any atom is -0.351 e. The fraction of sp³-hybridized carbons (Fsp3) is 0.278. The van der Waals surface area contributed by atoms with Gasteiger partial charge in [0.1, 0.15) is 5.82 Å². The summed E-state index contributed by atoms with van der Waals surface area (Å²) in [6.45, 7) is 2.87. The van der Waals surface area contributed by atoms with Gasteiger partial charge in [-0.05, 0) is 49.4 Å². The van der Waals surface area contributed by atoms with Gasteiger partial charge in [-0.2, -0.15) is 0 Å². The van der Waals surface area contributed by atoms with Gasteiger partial charge in [0.05, 0.1) is 6.04 Å². The molecular formula is C18H20ClFN2O. The standard InChI is InChI=1S/C18H20ClFN2O/c1-13(22(2)12-15-4-3-5-16(19)10-15)18(23)21-11-14-6-8-17(20)9-7-14/h3-10,13H,11-12H2,1-2H3,(H,21,23). The Kier molecular flexibility index (Phi) is 6.13. The van der Waals surface area contributed by atoms with Crippen LogP contribution in [0.4, 0.5) is 4.39 Å². The Bertz CT molecular complexity index is 660. The number of hydrogen-bond acceptors (Lipinski definition) is 2. The number of carbonyl (C=O) groups is 1. The van der Waals surface area contributed by atoms with Gasteiger partial charge in [-0.25, -0.2) is 4.39 Å². The summed E-state index contributed by atoms with van der Waals surface area (Å²) in [7, 11) is 1.89. The number of halogens is 2. The van der Waals surface area contributed by atoms with Gasteiger partial charge in [-0.15, -0.1) is 0 Å². The third-order valence-corrected chi connectivity index (χ3v) is 3.98. The van der Waals surface area contributed by atoms with Gasteiger partial charge >= 0.3 is 0 Å². The van der Waals surface area contributed by atoms with Crippen LogP contribution in [0.5, 0.6) is 0 Å². The lowest BCUT2D eigenvalue weighted by atomic mass is 10.1. The third kappa shape index (κ3) is 5.34. The maximum absolute atomic E-state index is 12.9. The van der Waals surface area contributed by atoms with Crippen LogP contribution in [0.2, 0.25) is 5.02 Å². The predicted octanol–water partition coefficient (Wildman–Crippen LogP) is 3.62. The molecule has 0 radical (unpaired) electrons. The zero-order valence-electron chi connectivity index (χ0n) is 13.2. The quantitative estimate of drug-likeness (QED) is 0.875. The number of nitrogens with one attached hydrogen (secondary N) is 1. The van der Waals surface area contributed by atoms with Crippen LogP contribution in [0.15, 0.2) is 48.5 Å². The molecule has 0 aromatic heterocycles. The molecule has 2 aromatic rings. The van der Waals surface area contributed by atoms with E-state index in [2.05, 4.69) is 5.32 Å². The van der Waals surface area contributed by atoms with Crippen LogP contribution in [-0.2, 0) is 17.9 Å². The molecule has 1 unspecified atom stereocenters. The molecule has 23 heavy (non-hydrogen) atoms. The zero-order valence-corrected chi connectivity index (χ0v) is 14.0. The molecular weight excluding hydrogens is 315 g/mol. The molecule has 5 heteroatoms. The third-order valence-electron chi connectivity index (χ3n) is 3.74. The van der Waals surface area contributed by atoms with Crippen molar-refractivity contribution in [2.45, 2.75) is 26.1 Å². The largest absolute Gasteiger partial charge is 0.351 e. The smallest absolute Gasteiger partial charge is 0.237 e. The zero-order chi connectivity index (χ0) is 16.8. The molecule has 0 aliphatic rings. The molecule has 0 aliphatic carbocycles. The molecule has 0 fully saturated rings. The van der Waals surface area contributed by atoms with Crippen molar-refractivity contribution >= 4 is 17.5 Å². The van der Waals surface area contributed by atoms with E-state index in [4.69, 9.17) is 11.6 Å². The maximum atomic E-state index is 12.9. The van der Waals surface area contributed by atoms with E-state index < -0.39 is 0 Å². The van der Waals surface area contributed by atoms with Gasteiger partial charge in [0.2, 0.25) is 5.91 Å². The molecule has 3 nitrogen and oxygen atoms in total. The average molecular weight is 335 g/mol. The average Bonchev–Trinajstić information content (AvgIpc) is 2.53. The first-order valence-corrected chi connectivity index (χ1v) is 7.80. The van der Waals surface area contributed by atoms with Crippen molar-refractivity contribution in [2.75, 3.05) is 7.05 Å². The van der Waals surface area contributed by atoms with E-state index in [1.54, 1.807) is 12.1 Å². The van der Waals surface area contributed by atoms with Gasteiger partial charge in [-0.3, -0.25) is 9.69 Å². The Morgan fingerprint density at radius 2 is 1.91 bits per heavy atom. The van der Waals surface area contributed by atoms with Crippen molar-refractivity contribution in [3.05, 3.63) is 70.5 Å². The van der Waals surface area contributed by atoms with Crippen molar-refractivity contribution in [3.63, 3.8) is 0 Å². The Morgan fingerprint density at radius 3 is 2.57 bits per heavy atom. The summed E-state index contributed by atoms with van der Waals surface area (Å²) < 4.78 is 12.9. The van der Waals surface area contributed by atoms with E-state index in [1.165, 1.54) is 12.1 Å². The molecule has 0 spiro atoms. The van der Waals surface area contributed by atoms with E-state index in [-0.39, 0.29) is 17.8 Å². The normalized spacial score (nSPS) is 12.2. The van der Waals surface area contributed by atoms with Gasteiger partial charge in [0, 0.05) is 18.1 Å². The van der Waals surface area contributed by atoms with Crippen LogP contribution in [0, 0.1) is 5.82 Å². The molecule has 0 bridgehead atoms. The van der Waals surface area contributed by atoms with Gasteiger partial charge < -0.3 is 5.32 Å². The number of carbonyl (C=O) groups excluding carboxylic acids is 1. The highest BCUT2D eigenvalue weighted by molar-refractivity contribution is 6.30. The summed E-state index contributed by atoms with van der Waals surface area (Å²) in [4.78, 5) is 14.2. The lowest BCUT2D eigenvalue weighted by molar-refractivity contribution is -0.125. The fourth-order valence-corrected chi connectivity index (χ4v) is 2.41. The molecule has 0 heterocycles. The van der Waals surface area contributed by atoms with Crippen LogP contribution >= 0.6 is 11.6 Å². The van der Waals surface area contributed by atoms with Crippen molar-refractivity contribution in [1.29, 1.82) is 0 Å². The second-order valence-electron chi connectivity index (χ2n) is 5.57. The second-order valence-corrected chi connectivity index (χ2v) is 6.00. The SMILES string of the molecule is CC(C(=O)NCc1ccc(F)cc1)N(C)Cc1cccc(Cl)c1. The summed E-state index contributed by atoms with van der Waals surface area (Å²) >= 11 is 5.97. The highest BCUT2D eigenvalue weighted by Gasteiger charge is 2.17. The van der Waals surface area contributed by atoms with Crippen LogP contribution in [0.3, 0.4) is 0 Å². The second kappa shape index (κ2) is 8.09. The minimum absolute atomic E-state index is 0.0705. The molecule has 1 N–H and O–H groups in total. The molecule has 0 saturated carbocycles. The fourth-order valence-electron chi connectivity index (χ4n) is 2.20. The van der Waals surface area contributed by atoms with Crippen LogP contribution in [0.1, 0.15) is 18.1 Å². The lowest BCUT2D eigenvalue weighted by Gasteiger charge is -2.24. The highest BCUT2D eigenvalue weighted by atomic mass is 35.5. The van der Waals surface area contributed by atoms with Gasteiger partial charge in [-0.1, -0.05) is 35.9 Å². The number of benzene rings is 2. The van der Waals surface area contributed by atoms with E-state index in [1.807, 2.05) is 43.1 Å². The lowest BCUT2D eigenvalue weighted by Crippen LogP contribution is -2.42. The van der Waals surface area contributed by atoms with Gasteiger partial charge in [0.25, 0.3) is 0 Å². The first kappa shape index (κ1) is 17.4. The van der Waals surface area contributed by atoms with Crippen LogP contribution in [0.25, 0.3) is 0 Å². The first-order valence-electron chi connectivity index (χ1n) is 7.42. The Hall–Kier alpha value is -1.91. The first-order chi connectivity index (χ1) is 11.0. The van der Waals surface area contributed by atoms with Crippen molar-refractivity contribution in [1.82, 2.24) is 10.2 Å². The summed E-state index contributed by atoms with van der Waals surface area (Å²) in [6.07, 6.45) is 0. The predicted molar refractivity (Wildman–Crippen MR) is 90.6 cm³/mol. The molecule has 1 amide bonds. The number of rotatable bonds is 6. The summed E-state index contributed by atoms with van der Waals surface area (Å²) in [5.41, 5.74) is 1.92. The Balaban J connectivity index is 1.87. The van der Waals surface area contributed by atoms with Crippen LogP contribution in [-0.4, -0.2) is 23.9 Å². The number of nitrogens with zero attached hydrogens (tertiary/aromatic N) is 1. The van der Waals surface area contributed by atoms with Crippen molar-refractivity contribution < 1.29 is 9.18 Å². The highest BCUT2D eigenvalue weighted by Crippen LogP contribution is 2.13.